The summed E-state index contributed by atoms with van der Waals surface area (Å²) in [6.45, 7) is 1.83. The quantitative estimate of drug-likeness (QED) is 0.366. The number of benzene rings is 1. The van der Waals surface area contributed by atoms with Gasteiger partial charge < -0.3 is 10.6 Å². The Morgan fingerprint density at radius 1 is 1.40 bits per heavy atom. The zero-order valence-electron chi connectivity index (χ0n) is 13.0. The molecule has 0 aliphatic carbocycles. The Hall–Kier alpha value is -3.44. The Morgan fingerprint density at radius 2 is 2.16 bits per heavy atom. The Morgan fingerprint density at radius 3 is 2.76 bits per heavy atom. The number of pyridine rings is 1. The number of carbonyl (C=O) groups is 1. The van der Waals surface area contributed by atoms with E-state index in [1.54, 1.807) is 24.4 Å². The number of rotatable bonds is 5. The molecule has 1 heterocycles. The van der Waals surface area contributed by atoms with Crippen LogP contribution in [0.25, 0.3) is 0 Å². The Balaban J connectivity index is 2.16. The number of nitrogens with one attached hydrogen (secondary N) is 2. The van der Waals surface area contributed by atoms with E-state index < -0.39 is 10.8 Å². The third-order valence-electron chi connectivity index (χ3n) is 3.07. The monoisotopic (exact) mass is 357 g/mol. The molecule has 1 aromatic carbocycles. The van der Waals surface area contributed by atoms with Crippen LogP contribution in [0.2, 0.25) is 5.02 Å². The van der Waals surface area contributed by atoms with Gasteiger partial charge in [0.25, 0.3) is 11.6 Å². The van der Waals surface area contributed by atoms with Gasteiger partial charge in [-0.1, -0.05) is 11.6 Å². The molecule has 9 heteroatoms. The summed E-state index contributed by atoms with van der Waals surface area (Å²) in [7, 11) is 0. The van der Waals surface area contributed by atoms with Crippen LogP contribution in [-0.2, 0) is 4.79 Å². The lowest BCUT2D eigenvalue weighted by Crippen LogP contribution is -2.15. The molecule has 0 saturated carbocycles. The molecule has 0 atom stereocenters. The van der Waals surface area contributed by atoms with E-state index in [1.807, 2.05) is 6.92 Å². The summed E-state index contributed by atoms with van der Waals surface area (Å²) in [6, 6.07) is 8.88. The van der Waals surface area contributed by atoms with Crippen LogP contribution in [-0.4, -0.2) is 15.8 Å². The van der Waals surface area contributed by atoms with E-state index in [4.69, 9.17) is 16.9 Å². The predicted molar refractivity (Wildman–Crippen MR) is 93.0 cm³/mol. The van der Waals surface area contributed by atoms with E-state index in [-0.39, 0.29) is 22.0 Å². The summed E-state index contributed by atoms with van der Waals surface area (Å²) in [5.74, 6) is -0.752. The van der Waals surface area contributed by atoms with Gasteiger partial charge in [-0.15, -0.1) is 0 Å². The van der Waals surface area contributed by atoms with Crippen molar-refractivity contribution in [3.63, 3.8) is 0 Å². The summed E-state index contributed by atoms with van der Waals surface area (Å²) in [5, 5.41) is 25.2. The van der Waals surface area contributed by atoms with Gasteiger partial charge in [0.2, 0.25) is 0 Å². The minimum absolute atomic E-state index is 0.0408. The van der Waals surface area contributed by atoms with Crippen LogP contribution in [0.15, 0.2) is 48.3 Å². The Bertz CT molecular complexity index is 888. The minimum Gasteiger partial charge on any atom is -0.359 e. The molecular formula is C16H12ClN5O3. The van der Waals surface area contributed by atoms with Crippen molar-refractivity contribution in [2.24, 2.45) is 0 Å². The molecule has 2 aromatic rings. The van der Waals surface area contributed by atoms with Crippen molar-refractivity contribution in [2.45, 2.75) is 6.92 Å². The number of nitro benzene ring substituents is 1. The van der Waals surface area contributed by atoms with E-state index in [1.165, 1.54) is 18.3 Å². The topological polar surface area (TPSA) is 121 Å². The number of carbonyl (C=O) groups excluding carboxylic acids is 1. The third-order valence-corrected chi connectivity index (χ3v) is 3.40. The number of anilines is 2. The lowest BCUT2D eigenvalue weighted by atomic mass is 10.2. The number of nitrogens with zero attached hydrogens (tertiary/aromatic N) is 3. The van der Waals surface area contributed by atoms with Crippen LogP contribution in [0, 0.1) is 28.4 Å². The van der Waals surface area contributed by atoms with Gasteiger partial charge in [-0.3, -0.25) is 19.9 Å². The first kappa shape index (κ1) is 17.9. The summed E-state index contributed by atoms with van der Waals surface area (Å²) in [5.41, 5.74) is 1.00. The number of nitriles is 1. The van der Waals surface area contributed by atoms with Crippen molar-refractivity contribution in [1.29, 1.82) is 5.26 Å². The smallest absolute Gasteiger partial charge is 0.271 e. The molecular weight excluding hydrogens is 346 g/mol. The molecule has 1 aromatic heterocycles. The van der Waals surface area contributed by atoms with Crippen molar-refractivity contribution in [3.05, 3.63) is 69.1 Å². The van der Waals surface area contributed by atoms with Gasteiger partial charge in [-0.2, -0.15) is 5.26 Å². The van der Waals surface area contributed by atoms with Crippen LogP contribution in [0.3, 0.4) is 0 Å². The van der Waals surface area contributed by atoms with Crippen molar-refractivity contribution < 1.29 is 9.72 Å². The highest BCUT2D eigenvalue weighted by Crippen LogP contribution is 2.27. The molecule has 0 spiro atoms. The Kier molecular flexibility index (Phi) is 5.66. The number of hydrogen-bond donors (Lipinski definition) is 2. The largest absolute Gasteiger partial charge is 0.359 e. The van der Waals surface area contributed by atoms with Crippen molar-refractivity contribution in [1.82, 2.24) is 4.98 Å². The summed E-state index contributed by atoms with van der Waals surface area (Å²) >= 11 is 5.92. The first-order chi connectivity index (χ1) is 11.9. The second kappa shape index (κ2) is 7.90. The van der Waals surface area contributed by atoms with Gasteiger partial charge in [0.05, 0.1) is 27.5 Å². The fraction of sp³-hybridized carbons (Fsp3) is 0.0625. The Labute approximate surface area is 147 Å². The molecule has 2 N–H and O–H groups in total. The van der Waals surface area contributed by atoms with Gasteiger partial charge in [0, 0.05) is 24.0 Å². The number of aryl methyl sites for hydroxylation is 1. The lowest BCUT2D eigenvalue weighted by molar-refractivity contribution is -0.384. The second-order valence-electron chi connectivity index (χ2n) is 4.88. The molecule has 8 nitrogen and oxygen atoms in total. The molecule has 0 aliphatic heterocycles. The predicted octanol–water partition coefficient (Wildman–Crippen LogP) is 3.41. The molecule has 0 unspecified atom stereocenters. The molecule has 0 fully saturated rings. The van der Waals surface area contributed by atoms with Gasteiger partial charge in [-0.05, 0) is 25.1 Å². The minimum atomic E-state index is -0.752. The van der Waals surface area contributed by atoms with E-state index >= 15 is 0 Å². The van der Waals surface area contributed by atoms with Crippen LogP contribution in [0.1, 0.15) is 5.69 Å². The molecule has 0 aliphatic rings. The highest BCUT2D eigenvalue weighted by atomic mass is 35.5. The maximum Gasteiger partial charge on any atom is 0.271 e. The zero-order valence-corrected chi connectivity index (χ0v) is 13.7. The van der Waals surface area contributed by atoms with Gasteiger partial charge >= 0.3 is 0 Å². The van der Waals surface area contributed by atoms with Gasteiger partial charge in [-0.25, -0.2) is 0 Å². The maximum atomic E-state index is 12.2. The molecule has 25 heavy (non-hydrogen) atoms. The normalized spacial score (nSPS) is 10.7. The van der Waals surface area contributed by atoms with Crippen molar-refractivity contribution in [3.8, 4) is 6.07 Å². The number of nitro groups is 1. The molecule has 1 amide bonds. The summed E-state index contributed by atoms with van der Waals surface area (Å²) < 4.78 is 0. The fourth-order valence-electron chi connectivity index (χ4n) is 1.77. The molecule has 0 saturated heterocycles. The van der Waals surface area contributed by atoms with Crippen molar-refractivity contribution >= 4 is 34.6 Å². The van der Waals surface area contributed by atoms with Crippen LogP contribution >= 0.6 is 11.6 Å². The summed E-state index contributed by atoms with van der Waals surface area (Å²) in [6.07, 6.45) is 2.77. The first-order valence-electron chi connectivity index (χ1n) is 6.95. The number of aromatic nitrogens is 1. The number of halogens is 1. The standard InChI is InChI=1S/C16H12ClN5O3/c1-10-2-3-12(9-19-10)20-8-11(7-18)16(23)21-15-6-13(22(24)25)4-5-14(15)17/h2-6,8-9,20H,1H3,(H,21,23)/b11-8-. The SMILES string of the molecule is Cc1ccc(N/C=C(/C#N)C(=O)Nc2cc([N+](=O)[O-])ccc2Cl)cn1. The van der Waals surface area contributed by atoms with Crippen LogP contribution in [0.4, 0.5) is 17.1 Å². The van der Waals surface area contributed by atoms with Gasteiger partial charge in [0.15, 0.2) is 0 Å². The fourth-order valence-corrected chi connectivity index (χ4v) is 1.93. The molecule has 126 valence electrons. The van der Waals surface area contributed by atoms with E-state index in [0.717, 1.165) is 11.8 Å². The average molecular weight is 358 g/mol. The lowest BCUT2D eigenvalue weighted by Gasteiger charge is -2.07. The molecule has 2 rings (SSSR count). The molecule has 0 bridgehead atoms. The highest BCUT2D eigenvalue weighted by Gasteiger charge is 2.15. The van der Waals surface area contributed by atoms with Crippen LogP contribution < -0.4 is 10.6 Å². The number of hydrogen-bond acceptors (Lipinski definition) is 6. The van der Waals surface area contributed by atoms with E-state index in [9.17, 15) is 14.9 Å². The second-order valence-corrected chi connectivity index (χ2v) is 5.28. The maximum absolute atomic E-state index is 12.2. The average Bonchev–Trinajstić information content (AvgIpc) is 2.58. The van der Waals surface area contributed by atoms with E-state index in [0.29, 0.717) is 5.69 Å². The number of amides is 1. The van der Waals surface area contributed by atoms with Crippen molar-refractivity contribution in [2.75, 3.05) is 10.6 Å². The molecule has 0 radical (unpaired) electrons. The van der Waals surface area contributed by atoms with E-state index in [2.05, 4.69) is 15.6 Å². The number of non-ortho nitro benzene ring substituents is 1. The highest BCUT2D eigenvalue weighted by molar-refractivity contribution is 6.34. The first-order valence-corrected chi connectivity index (χ1v) is 7.33. The van der Waals surface area contributed by atoms with Crippen LogP contribution in [0.5, 0.6) is 0 Å². The summed E-state index contributed by atoms with van der Waals surface area (Å²) in [4.78, 5) is 26.4. The third kappa shape index (κ3) is 4.76. The zero-order chi connectivity index (χ0) is 18.4. The van der Waals surface area contributed by atoms with Gasteiger partial charge in [0.1, 0.15) is 11.6 Å².